The minimum Gasteiger partial charge on any atom is -0.398 e. The van der Waals surface area contributed by atoms with E-state index < -0.39 is 12.6 Å². The molecule has 0 fully saturated rings. The monoisotopic (exact) mass is 338 g/mol. The normalized spacial score (nSPS) is 11.4. The highest BCUT2D eigenvalue weighted by molar-refractivity contribution is 9.10. The average Bonchev–Trinajstić information content (AvgIpc) is 2.30. The van der Waals surface area contributed by atoms with Crippen LogP contribution in [0.4, 0.5) is 18.9 Å². The Morgan fingerprint density at radius 1 is 1.32 bits per heavy atom. The first-order chi connectivity index (χ1) is 8.79. The number of rotatable bonds is 5. The van der Waals surface area contributed by atoms with Gasteiger partial charge in [-0.2, -0.15) is 13.2 Å². The third-order valence-electron chi connectivity index (χ3n) is 2.43. The van der Waals surface area contributed by atoms with Crippen LogP contribution in [0.15, 0.2) is 22.7 Å². The second-order valence-electron chi connectivity index (χ2n) is 4.06. The Bertz CT molecular complexity index is 449. The van der Waals surface area contributed by atoms with Crippen molar-refractivity contribution in [2.45, 2.75) is 25.4 Å². The van der Waals surface area contributed by atoms with Gasteiger partial charge in [0, 0.05) is 28.7 Å². The summed E-state index contributed by atoms with van der Waals surface area (Å²) in [5.74, 6) is -0.341. The van der Waals surface area contributed by atoms with Gasteiger partial charge in [0.25, 0.3) is 5.91 Å². The first-order valence-corrected chi connectivity index (χ1v) is 6.49. The lowest BCUT2D eigenvalue weighted by Crippen LogP contribution is -2.24. The third kappa shape index (κ3) is 5.96. The quantitative estimate of drug-likeness (QED) is 0.637. The van der Waals surface area contributed by atoms with E-state index >= 15 is 0 Å². The molecule has 106 valence electrons. The van der Waals surface area contributed by atoms with Crippen LogP contribution in [0.3, 0.4) is 0 Å². The van der Waals surface area contributed by atoms with Crippen molar-refractivity contribution in [2.75, 3.05) is 12.3 Å². The molecule has 0 aliphatic heterocycles. The highest BCUT2D eigenvalue weighted by atomic mass is 79.9. The Hall–Kier alpha value is -1.24. The molecule has 0 saturated heterocycles. The predicted molar refractivity (Wildman–Crippen MR) is 70.8 cm³/mol. The standard InChI is InChI=1S/C12H14BrF3N2O/c13-9-4-3-8(7-10(9)17)11(19)18-6-2-1-5-12(14,15)16/h3-4,7H,1-2,5-6,17H2,(H,18,19). The smallest absolute Gasteiger partial charge is 0.389 e. The van der Waals surface area contributed by atoms with E-state index in [0.29, 0.717) is 15.7 Å². The number of unbranched alkanes of at least 4 members (excludes halogenated alkanes) is 1. The Morgan fingerprint density at radius 3 is 2.58 bits per heavy atom. The summed E-state index contributed by atoms with van der Waals surface area (Å²) < 4.78 is 36.3. The van der Waals surface area contributed by atoms with Crippen molar-refractivity contribution in [3.8, 4) is 0 Å². The molecule has 0 unspecified atom stereocenters. The molecule has 0 spiro atoms. The number of halogens is 4. The maximum atomic E-state index is 11.9. The Kier molecular flexibility index (Phi) is 5.65. The van der Waals surface area contributed by atoms with E-state index in [4.69, 9.17) is 5.73 Å². The minimum absolute atomic E-state index is 0.00621. The van der Waals surface area contributed by atoms with Crippen LogP contribution in [0.1, 0.15) is 29.6 Å². The Morgan fingerprint density at radius 2 is 2.00 bits per heavy atom. The summed E-state index contributed by atoms with van der Waals surface area (Å²) in [6.07, 6.45) is -4.66. The van der Waals surface area contributed by atoms with Gasteiger partial charge in [0.05, 0.1) is 0 Å². The van der Waals surface area contributed by atoms with E-state index in [9.17, 15) is 18.0 Å². The van der Waals surface area contributed by atoms with E-state index in [-0.39, 0.29) is 25.3 Å². The van der Waals surface area contributed by atoms with Gasteiger partial charge in [-0.15, -0.1) is 0 Å². The number of carbonyl (C=O) groups is 1. The van der Waals surface area contributed by atoms with Gasteiger partial charge in [-0.25, -0.2) is 0 Å². The van der Waals surface area contributed by atoms with E-state index in [1.54, 1.807) is 12.1 Å². The topological polar surface area (TPSA) is 55.1 Å². The van der Waals surface area contributed by atoms with E-state index in [0.717, 1.165) is 0 Å². The highest BCUT2D eigenvalue weighted by Crippen LogP contribution is 2.22. The van der Waals surface area contributed by atoms with Gasteiger partial charge >= 0.3 is 6.18 Å². The average molecular weight is 339 g/mol. The van der Waals surface area contributed by atoms with Crippen LogP contribution >= 0.6 is 15.9 Å². The number of nitrogens with one attached hydrogen (secondary N) is 1. The van der Waals surface area contributed by atoms with Crippen molar-refractivity contribution in [3.05, 3.63) is 28.2 Å². The zero-order chi connectivity index (χ0) is 14.5. The first kappa shape index (κ1) is 15.8. The molecule has 0 heterocycles. The van der Waals surface area contributed by atoms with Crippen molar-refractivity contribution in [1.82, 2.24) is 5.32 Å². The van der Waals surface area contributed by atoms with Gasteiger partial charge in [0.15, 0.2) is 0 Å². The number of anilines is 1. The molecule has 0 bridgehead atoms. The van der Waals surface area contributed by atoms with Gasteiger partial charge in [0.2, 0.25) is 0 Å². The fourth-order valence-corrected chi connectivity index (χ4v) is 1.69. The number of hydrogen-bond donors (Lipinski definition) is 2. The maximum Gasteiger partial charge on any atom is 0.389 e. The zero-order valence-electron chi connectivity index (χ0n) is 10.1. The van der Waals surface area contributed by atoms with Crippen LogP contribution in [0.5, 0.6) is 0 Å². The Balaban J connectivity index is 2.33. The maximum absolute atomic E-state index is 11.9. The largest absolute Gasteiger partial charge is 0.398 e. The fraction of sp³-hybridized carbons (Fsp3) is 0.417. The van der Waals surface area contributed by atoms with Gasteiger partial charge in [-0.05, 0) is 47.0 Å². The minimum atomic E-state index is -4.13. The lowest BCUT2D eigenvalue weighted by atomic mass is 10.2. The molecule has 1 aromatic rings. The van der Waals surface area contributed by atoms with Gasteiger partial charge in [-0.1, -0.05) is 0 Å². The summed E-state index contributed by atoms with van der Waals surface area (Å²) in [6.45, 7) is 0.213. The highest BCUT2D eigenvalue weighted by Gasteiger charge is 2.25. The van der Waals surface area contributed by atoms with Crippen LogP contribution in [0.2, 0.25) is 0 Å². The molecule has 0 saturated carbocycles. The number of nitrogens with two attached hydrogens (primary N) is 1. The predicted octanol–water partition coefficient (Wildman–Crippen LogP) is 3.49. The van der Waals surface area contributed by atoms with Gasteiger partial charge in [-0.3, -0.25) is 4.79 Å². The number of carbonyl (C=O) groups excluding carboxylic acids is 1. The molecule has 1 rings (SSSR count). The molecule has 1 amide bonds. The molecule has 7 heteroatoms. The number of nitrogen functional groups attached to an aromatic ring is 1. The van der Waals surface area contributed by atoms with Crippen molar-refractivity contribution < 1.29 is 18.0 Å². The summed E-state index contributed by atoms with van der Waals surface area (Å²) >= 11 is 3.21. The van der Waals surface area contributed by atoms with Gasteiger partial charge in [0.1, 0.15) is 0 Å². The molecule has 0 aliphatic rings. The molecule has 1 aromatic carbocycles. The SMILES string of the molecule is Nc1cc(C(=O)NCCCCC(F)(F)F)ccc1Br. The van der Waals surface area contributed by atoms with Crippen LogP contribution < -0.4 is 11.1 Å². The molecule has 3 N–H and O–H groups in total. The van der Waals surface area contributed by atoms with Crippen molar-refractivity contribution in [2.24, 2.45) is 0 Å². The molecule has 0 atom stereocenters. The van der Waals surface area contributed by atoms with Crippen molar-refractivity contribution >= 4 is 27.5 Å². The van der Waals surface area contributed by atoms with Gasteiger partial charge < -0.3 is 11.1 Å². The first-order valence-electron chi connectivity index (χ1n) is 5.69. The number of alkyl halides is 3. The van der Waals surface area contributed by atoms with E-state index in [2.05, 4.69) is 21.2 Å². The summed E-state index contributed by atoms with van der Waals surface area (Å²) in [6, 6.07) is 4.74. The Labute approximate surface area is 117 Å². The number of amides is 1. The lowest BCUT2D eigenvalue weighted by Gasteiger charge is -2.08. The number of hydrogen-bond acceptors (Lipinski definition) is 2. The molecule has 0 radical (unpaired) electrons. The molecular formula is C12H14BrF3N2O. The zero-order valence-corrected chi connectivity index (χ0v) is 11.6. The molecule has 0 aromatic heterocycles. The fourth-order valence-electron chi connectivity index (χ4n) is 1.44. The number of benzene rings is 1. The summed E-state index contributed by atoms with van der Waals surface area (Å²) in [4.78, 5) is 11.7. The lowest BCUT2D eigenvalue weighted by molar-refractivity contribution is -0.135. The summed E-state index contributed by atoms with van der Waals surface area (Å²) in [5.41, 5.74) is 6.45. The van der Waals surface area contributed by atoms with Crippen LogP contribution in [-0.2, 0) is 0 Å². The van der Waals surface area contributed by atoms with Crippen molar-refractivity contribution in [1.29, 1.82) is 0 Å². The molecule has 19 heavy (non-hydrogen) atoms. The van der Waals surface area contributed by atoms with Crippen LogP contribution in [-0.4, -0.2) is 18.6 Å². The molecule has 0 aliphatic carbocycles. The van der Waals surface area contributed by atoms with E-state index in [1.807, 2.05) is 0 Å². The van der Waals surface area contributed by atoms with E-state index in [1.165, 1.54) is 6.07 Å². The third-order valence-corrected chi connectivity index (χ3v) is 3.15. The summed E-state index contributed by atoms with van der Waals surface area (Å²) in [7, 11) is 0. The second-order valence-corrected chi connectivity index (χ2v) is 4.92. The second kappa shape index (κ2) is 6.79. The molecule has 3 nitrogen and oxygen atoms in total. The van der Waals surface area contributed by atoms with Crippen LogP contribution in [0, 0.1) is 0 Å². The van der Waals surface area contributed by atoms with Crippen molar-refractivity contribution in [3.63, 3.8) is 0 Å². The molecular weight excluding hydrogens is 325 g/mol. The van der Waals surface area contributed by atoms with Crippen LogP contribution in [0.25, 0.3) is 0 Å². The summed E-state index contributed by atoms with van der Waals surface area (Å²) in [5, 5.41) is 2.55.